The van der Waals surface area contributed by atoms with Crippen molar-refractivity contribution in [3.05, 3.63) is 59.4 Å². The average molecular weight is 473 g/mol. The van der Waals surface area contributed by atoms with Crippen LogP contribution in [0.3, 0.4) is 0 Å². The first-order valence-corrected chi connectivity index (χ1v) is 11.6. The average Bonchev–Trinajstić information content (AvgIpc) is 2.76. The van der Waals surface area contributed by atoms with E-state index >= 15 is 0 Å². The van der Waals surface area contributed by atoms with Crippen molar-refractivity contribution in [3.63, 3.8) is 0 Å². The smallest absolute Gasteiger partial charge is 0.416 e. The fourth-order valence-corrected chi connectivity index (χ4v) is 5.68. The van der Waals surface area contributed by atoms with Crippen LogP contribution in [0, 0.1) is 11.7 Å². The lowest BCUT2D eigenvalue weighted by Crippen LogP contribution is -2.34. The fraction of sp³-hybridized carbons (Fsp3) is 0.409. The maximum absolute atomic E-state index is 13.6. The van der Waals surface area contributed by atoms with Crippen LogP contribution < -0.4 is 10.1 Å². The molecule has 1 saturated carbocycles. The molecule has 0 aromatic heterocycles. The predicted octanol–water partition coefficient (Wildman–Crippen LogP) is 4.62. The summed E-state index contributed by atoms with van der Waals surface area (Å²) in [6.07, 6.45) is -3.06. The predicted molar refractivity (Wildman–Crippen MR) is 110 cm³/mol. The lowest BCUT2D eigenvalue weighted by Gasteiger charge is -2.28. The quantitative estimate of drug-likeness (QED) is 0.622. The third-order valence-corrected chi connectivity index (χ3v) is 7.90. The first-order valence-electron chi connectivity index (χ1n) is 10.0. The molecular formula is C22H23F4NO4S. The lowest BCUT2D eigenvalue weighted by molar-refractivity contribution is -0.137. The molecule has 1 aliphatic rings. The second kappa shape index (κ2) is 9.48. The van der Waals surface area contributed by atoms with Crippen molar-refractivity contribution in [2.75, 3.05) is 13.7 Å². The van der Waals surface area contributed by atoms with Crippen LogP contribution in [0.5, 0.6) is 5.75 Å². The van der Waals surface area contributed by atoms with E-state index in [4.69, 9.17) is 4.74 Å². The molecule has 0 saturated heterocycles. The molecule has 10 heteroatoms. The summed E-state index contributed by atoms with van der Waals surface area (Å²) in [7, 11) is -2.53. The van der Waals surface area contributed by atoms with Crippen LogP contribution in [0.1, 0.15) is 41.6 Å². The number of hydrogen-bond acceptors (Lipinski definition) is 4. The first-order chi connectivity index (χ1) is 15.0. The second-order valence-corrected chi connectivity index (χ2v) is 10.0. The third kappa shape index (κ3) is 5.59. The van der Waals surface area contributed by atoms with Crippen molar-refractivity contribution in [2.45, 2.75) is 42.0 Å². The number of hydrogen-bond donors (Lipinski definition) is 1. The molecule has 2 aromatic carbocycles. The Kier molecular flexibility index (Phi) is 7.12. The molecule has 0 aliphatic heterocycles. The highest BCUT2D eigenvalue weighted by molar-refractivity contribution is 7.92. The van der Waals surface area contributed by atoms with Gasteiger partial charge in [-0.15, -0.1) is 0 Å². The van der Waals surface area contributed by atoms with Gasteiger partial charge in [-0.3, -0.25) is 4.79 Å². The van der Waals surface area contributed by atoms with Crippen molar-refractivity contribution in [1.29, 1.82) is 0 Å². The van der Waals surface area contributed by atoms with Gasteiger partial charge < -0.3 is 10.1 Å². The maximum Gasteiger partial charge on any atom is 0.416 e. The van der Waals surface area contributed by atoms with E-state index in [-0.39, 0.29) is 41.5 Å². The molecule has 32 heavy (non-hydrogen) atoms. The third-order valence-electron chi connectivity index (χ3n) is 5.64. The molecule has 0 unspecified atom stereocenters. The zero-order valence-electron chi connectivity index (χ0n) is 17.3. The van der Waals surface area contributed by atoms with Crippen molar-refractivity contribution in [3.8, 4) is 5.75 Å². The van der Waals surface area contributed by atoms with E-state index in [1.807, 2.05) is 0 Å². The minimum Gasteiger partial charge on any atom is -0.497 e. The highest BCUT2D eigenvalue weighted by atomic mass is 32.2. The van der Waals surface area contributed by atoms with Gasteiger partial charge in [-0.2, -0.15) is 13.2 Å². The molecule has 1 aliphatic carbocycles. The standard InChI is InChI=1S/C22H23F4NO4S/c1-31-18-10-15(9-17(23)12-18)21(28)27-13-14-5-7-19(8-6-14)32(29,30)20-4-2-3-16(11-20)22(24,25)26/h2-4,9-12,14,19H,5-8,13H2,1H3,(H,27,28)/t14-,19-. The summed E-state index contributed by atoms with van der Waals surface area (Å²) in [4.78, 5) is 12.0. The SMILES string of the molecule is COc1cc(F)cc(C(=O)NC[C@H]2CC[C@H](S(=O)(=O)c3cccc(C(F)(F)F)c3)CC2)c1. The molecular weight excluding hydrogens is 450 g/mol. The maximum atomic E-state index is 13.6. The highest BCUT2D eigenvalue weighted by Crippen LogP contribution is 2.35. The summed E-state index contributed by atoms with van der Waals surface area (Å²) in [6, 6.07) is 7.46. The van der Waals surface area contributed by atoms with E-state index in [2.05, 4.69) is 5.32 Å². The zero-order chi connectivity index (χ0) is 23.5. The molecule has 5 nitrogen and oxygen atoms in total. The summed E-state index contributed by atoms with van der Waals surface area (Å²) in [5, 5.41) is 1.95. The molecule has 0 atom stereocenters. The summed E-state index contributed by atoms with van der Waals surface area (Å²) >= 11 is 0. The van der Waals surface area contributed by atoms with Crippen LogP contribution in [-0.2, 0) is 16.0 Å². The highest BCUT2D eigenvalue weighted by Gasteiger charge is 2.35. The monoisotopic (exact) mass is 473 g/mol. The Balaban J connectivity index is 1.58. The number of halogens is 4. The van der Waals surface area contributed by atoms with Gasteiger partial charge in [0.15, 0.2) is 9.84 Å². The number of rotatable bonds is 6. The van der Waals surface area contributed by atoms with Gasteiger partial charge in [-0.25, -0.2) is 12.8 Å². The van der Waals surface area contributed by atoms with E-state index < -0.39 is 38.6 Å². The van der Waals surface area contributed by atoms with Crippen LogP contribution in [0.2, 0.25) is 0 Å². The molecule has 1 amide bonds. The Morgan fingerprint density at radius 2 is 1.78 bits per heavy atom. The minimum atomic E-state index is -4.62. The Hall–Kier alpha value is -2.62. The number of carbonyl (C=O) groups excluding carboxylic acids is 1. The van der Waals surface area contributed by atoms with E-state index in [1.54, 1.807) is 0 Å². The topological polar surface area (TPSA) is 72.5 Å². The molecule has 3 rings (SSSR count). The lowest BCUT2D eigenvalue weighted by atomic mass is 9.89. The van der Waals surface area contributed by atoms with Gasteiger partial charge in [0.2, 0.25) is 0 Å². The fourth-order valence-electron chi connectivity index (χ4n) is 3.84. The van der Waals surface area contributed by atoms with E-state index in [9.17, 15) is 30.8 Å². The van der Waals surface area contributed by atoms with Crippen LogP contribution >= 0.6 is 0 Å². The van der Waals surface area contributed by atoms with Crippen molar-refractivity contribution in [2.24, 2.45) is 5.92 Å². The second-order valence-electron chi connectivity index (χ2n) is 7.80. The number of amides is 1. The van der Waals surface area contributed by atoms with Crippen molar-refractivity contribution >= 4 is 15.7 Å². The summed E-state index contributed by atoms with van der Waals surface area (Å²) in [5.74, 6) is -0.839. The minimum absolute atomic E-state index is 0.0161. The molecule has 2 aromatic rings. The number of sulfone groups is 1. The summed E-state index contributed by atoms with van der Waals surface area (Å²) < 4.78 is 83.0. The van der Waals surface area contributed by atoms with Crippen LogP contribution in [0.4, 0.5) is 17.6 Å². The number of alkyl halides is 3. The number of carbonyl (C=O) groups is 1. The van der Waals surface area contributed by atoms with Gasteiger partial charge in [0.05, 0.1) is 22.8 Å². The Labute approximate surface area is 183 Å². The molecule has 0 radical (unpaired) electrons. The van der Waals surface area contributed by atoms with Gasteiger partial charge in [0, 0.05) is 18.2 Å². The van der Waals surface area contributed by atoms with Gasteiger partial charge >= 0.3 is 6.18 Å². The van der Waals surface area contributed by atoms with E-state index in [1.165, 1.54) is 19.2 Å². The Morgan fingerprint density at radius 3 is 2.41 bits per heavy atom. The largest absolute Gasteiger partial charge is 0.497 e. The number of benzene rings is 2. The number of nitrogens with one attached hydrogen (secondary N) is 1. The molecule has 1 N–H and O–H groups in total. The Bertz CT molecular complexity index is 1080. The normalized spacial score (nSPS) is 19.4. The molecule has 1 fully saturated rings. The molecule has 0 bridgehead atoms. The summed E-state index contributed by atoms with van der Waals surface area (Å²) in [5.41, 5.74) is -0.883. The zero-order valence-corrected chi connectivity index (χ0v) is 18.1. The van der Waals surface area contributed by atoms with Gasteiger partial charge in [0.1, 0.15) is 11.6 Å². The van der Waals surface area contributed by atoms with Gasteiger partial charge in [0.25, 0.3) is 5.91 Å². The Morgan fingerprint density at radius 1 is 1.09 bits per heavy atom. The first kappa shape index (κ1) is 24.0. The van der Waals surface area contributed by atoms with Gasteiger partial charge in [-0.1, -0.05) is 6.07 Å². The molecule has 0 heterocycles. The molecule has 0 spiro atoms. The van der Waals surface area contributed by atoms with E-state index in [0.29, 0.717) is 18.9 Å². The van der Waals surface area contributed by atoms with E-state index in [0.717, 1.165) is 24.3 Å². The van der Waals surface area contributed by atoms with Crippen LogP contribution in [-0.4, -0.2) is 33.2 Å². The number of ether oxygens (including phenoxy) is 1. The van der Waals surface area contributed by atoms with Crippen LogP contribution in [0.25, 0.3) is 0 Å². The van der Waals surface area contributed by atoms with Gasteiger partial charge in [-0.05, 0) is 61.9 Å². The van der Waals surface area contributed by atoms with Crippen LogP contribution in [0.15, 0.2) is 47.4 Å². The van der Waals surface area contributed by atoms with Crippen molar-refractivity contribution in [1.82, 2.24) is 5.32 Å². The number of methoxy groups -OCH3 is 1. The summed E-state index contributed by atoms with van der Waals surface area (Å²) in [6.45, 7) is 0.286. The van der Waals surface area contributed by atoms with Crippen molar-refractivity contribution < 1.29 is 35.5 Å². The molecule has 174 valence electrons.